The molecule has 1 heterocycles. The van der Waals surface area contributed by atoms with Crippen LogP contribution in [0.1, 0.15) is 5.56 Å². The molecule has 0 saturated carbocycles. The summed E-state index contributed by atoms with van der Waals surface area (Å²) in [7, 11) is 0. The van der Waals surface area contributed by atoms with E-state index in [1.165, 1.54) is 0 Å². The number of aromatic nitrogens is 1. The van der Waals surface area contributed by atoms with Crippen molar-refractivity contribution >= 4 is 34.8 Å². The average Bonchev–Trinajstić information content (AvgIpc) is 2.94. The van der Waals surface area contributed by atoms with Gasteiger partial charge in [0.05, 0.1) is 27.2 Å². The van der Waals surface area contributed by atoms with Crippen LogP contribution in [0.25, 0.3) is 22.6 Å². The Bertz CT molecular complexity index is 830. The first kappa shape index (κ1) is 15.4. The molecule has 1 aromatic heterocycles. The molecule has 0 aliphatic carbocycles. The number of hydrogen-bond donors (Lipinski definition) is 1. The lowest BCUT2D eigenvalue weighted by Gasteiger charge is -2.04. The number of hydrogen-bond acceptors (Lipinski definition) is 3. The van der Waals surface area contributed by atoms with Crippen molar-refractivity contribution in [2.45, 2.75) is 6.61 Å². The van der Waals surface area contributed by atoms with Crippen molar-refractivity contribution in [1.82, 2.24) is 5.16 Å². The molecule has 0 fully saturated rings. The standard InChI is InChI=1S/C16H10Cl3NO2/c17-12-4-2-1-3-10(12)15-11(8-21)16(22-20-15)9-5-6-13(18)14(19)7-9/h1-7,21H,8H2. The monoisotopic (exact) mass is 353 g/mol. The summed E-state index contributed by atoms with van der Waals surface area (Å²) in [6, 6.07) is 12.3. The maximum absolute atomic E-state index is 9.72. The van der Waals surface area contributed by atoms with Crippen molar-refractivity contribution in [3.8, 4) is 22.6 Å². The molecule has 1 N–H and O–H groups in total. The highest BCUT2D eigenvalue weighted by Crippen LogP contribution is 2.37. The predicted octanol–water partition coefficient (Wildman–Crippen LogP) is 5.46. The lowest BCUT2D eigenvalue weighted by Crippen LogP contribution is -1.90. The van der Waals surface area contributed by atoms with Crippen LogP contribution >= 0.6 is 34.8 Å². The van der Waals surface area contributed by atoms with Gasteiger partial charge in [-0.05, 0) is 24.3 Å². The SMILES string of the molecule is OCc1c(-c2ccccc2Cl)noc1-c1ccc(Cl)c(Cl)c1. The summed E-state index contributed by atoms with van der Waals surface area (Å²) in [6.07, 6.45) is 0. The third-order valence-corrected chi connectivity index (χ3v) is 4.33. The molecular formula is C16H10Cl3NO2. The fourth-order valence-corrected chi connectivity index (χ4v) is 2.71. The zero-order valence-corrected chi connectivity index (χ0v) is 13.5. The number of rotatable bonds is 3. The van der Waals surface area contributed by atoms with E-state index in [1.54, 1.807) is 24.3 Å². The molecule has 0 saturated heterocycles. The maximum Gasteiger partial charge on any atom is 0.173 e. The largest absolute Gasteiger partial charge is 0.391 e. The maximum atomic E-state index is 9.72. The van der Waals surface area contributed by atoms with Crippen LogP contribution in [-0.4, -0.2) is 10.3 Å². The normalized spacial score (nSPS) is 10.9. The Morgan fingerprint density at radius 2 is 1.73 bits per heavy atom. The van der Waals surface area contributed by atoms with E-state index in [2.05, 4.69) is 5.16 Å². The summed E-state index contributed by atoms with van der Waals surface area (Å²) in [5, 5.41) is 15.2. The van der Waals surface area contributed by atoms with E-state index in [9.17, 15) is 5.11 Å². The van der Waals surface area contributed by atoms with Gasteiger partial charge in [-0.3, -0.25) is 0 Å². The van der Waals surface area contributed by atoms with E-state index in [4.69, 9.17) is 39.3 Å². The summed E-state index contributed by atoms with van der Waals surface area (Å²) in [5.41, 5.74) is 2.44. The molecule has 0 bridgehead atoms. The zero-order valence-electron chi connectivity index (χ0n) is 11.2. The summed E-state index contributed by atoms with van der Waals surface area (Å²) >= 11 is 18.1. The van der Waals surface area contributed by atoms with Crippen LogP contribution in [-0.2, 0) is 6.61 Å². The Morgan fingerprint density at radius 1 is 0.955 bits per heavy atom. The first-order valence-electron chi connectivity index (χ1n) is 6.41. The molecule has 0 aliphatic heterocycles. The van der Waals surface area contributed by atoms with E-state index in [1.807, 2.05) is 18.2 Å². The van der Waals surface area contributed by atoms with E-state index < -0.39 is 0 Å². The number of halogens is 3. The molecule has 0 spiro atoms. The van der Waals surface area contributed by atoms with Crippen LogP contribution in [0.4, 0.5) is 0 Å². The highest BCUT2D eigenvalue weighted by molar-refractivity contribution is 6.42. The zero-order chi connectivity index (χ0) is 15.7. The van der Waals surface area contributed by atoms with Gasteiger partial charge in [-0.2, -0.15) is 0 Å². The molecule has 3 nitrogen and oxygen atoms in total. The molecule has 112 valence electrons. The highest BCUT2D eigenvalue weighted by atomic mass is 35.5. The topological polar surface area (TPSA) is 46.3 Å². The van der Waals surface area contributed by atoms with Crippen LogP contribution in [0.5, 0.6) is 0 Å². The van der Waals surface area contributed by atoms with E-state index >= 15 is 0 Å². The van der Waals surface area contributed by atoms with Crippen LogP contribution in [0, 0.1) is 0 Å². The third-order valence-electron chi connectivity index (χ3n) is 3.26. The molecule has 22 heavy (non-hydrogen) atoms. The van der Waals surface area contributed by atoms with Gasteiger partial charge >= 0.3 is 0 Å². The molecule has 3 rings (SSSR count). The number of aliphatic hydroxyl groups is 1. The number of benzene rings is 2. The second kappa shape index (κ2) is 6.31. The van der Waals surface area contributed by atoms with Gasteiger partial charge < -0.3 is 9.63 Å². The predicted molar refractivity (Wildman–Crippen MR) is 88.3 cm³/mol. The lowest BCUT2D eigenvalue weighted by atomic mass is 10.0. The second-order valence-corrected chi connectivity index (χ2v) is 5.83. The summed E-state index contributed by atoms with van der Waals surface area (Å²) < 4.78 is 5.41. The molecule has 6 heteroatoms. The third kappa shape index (κ3) is 2.73. The van der Waals surface area contributed by atoms with Crippen molar-refractivity contribution in [3.05, 3.63) is 63.1 Å². The van der Waals surface area contributed by atoms with Crippen molar-refractivity contribution in [1.29, 1.82) is 0 Å². The van der Waals surface area contributed by atoms with Crippen LogP contribution in [0.2, 0.25) is 15.1 Å². The first-order chi connectivity index (χ1) is 10.6. The van der Waals surface area contributed by atoms with Gasteiger partial charge in [-0.25, -0.2) is 0 Å². The van der Waals surface area contributed by atoms with Crippen molar-refractivity contribution in [3.63, 3.8) is 0 Å². The van der Waals surface area contributed by atoms with Gasteiger partial charge in [-0.15, -0.1) is 0 Å². The number of aliphatic hydroxyl groups excluding tert-OH is 1. The van der Waals surface area contributed by atoms with Gasteiger partial charge in [0.2, 0.25) is 0 Å². The van der Waals surface area contributed by atoms with Gasteiger partial charge in [0.1, 0.15) is 5.69 Å². The molecule has 0 amide bonds. The Kier molecular flexibility index (Phi) is 4.41. The summed E-state index contributed by atoms with van der Waals surface area (Å²) in [5.74, 6) is 0.441. The van der Waals surface area contributed by atoms with Crippen molar-refractivity contribution < 1.29 is 9.63 Å². The Labute approximate surface area is 142 Å². The lowest BCUT2D eigenvalue weighted by molar-refractivity contribution is 0.281. The Hall–Kier alpha value is -1.52. The first-order valence-corrected chi connectivity index (χ1v) is 7.55. The summed E-state index contributed by atoms with van der Waals surface area (Å²) in [6.45, 7) is -0.236. The molecule has 0 radical (unpaired) electrons. The van der Waals surface area contributed by atoms with E-state index in [0.717, 1.165) is 0 Å². The van der Waals surface area contributed by atoms with Crippen LogP contribution in [0.3, 0.4) is 0 Å². The molecular weight excluding hydrogens is 345 g/mol. The minimum absolute atomic E-state index is 0.236. The highest BCUT2D eigenvalue weighted by Gasteiger charge is 2.20. The second-order valence-electron chi connectivity index (χ2n) is 4.61. The van der Waals surface area contributed by atoms with Crippen LogP contribution in [0.15, 0.2) is 47.0 Å². The molecule has 3 aromatic rings. The van der Waals surface area contributed by atoms with E-state index in [0.29, 0.717) is 43.2 Å². The fourth-order valence-electron chi connectivity index (χ4n) is 2.18. The number of nitrogens with zero attached hydrogens (tertiary/aromatic N) is 1. The molecule has 0 aliphatic rings. The van der Waals surface area contributed by atoms with Gasteiger partial charge in [0, 0.05) is 11.1 Å². The van der Waals surface area contributed by atoms with Crippen LogP contribution < -0.4 is 0 Å². The molecule has 0 atom stereocenters. The van der Waals surface area contributed by atoms with Gasteiger partial charge in [-0.1, -0.05) is 58.2 Å². The Balaban J connectivity index is 2.15. The van der Waals surface area contributed by atoms with Crippen molar-refractivity contribution in [2.24, 2.45) is 0 Å². The molecule has 2 aromatic carbocycles. The average molecular weight is 355 g/mol. The van der Waals surface area contributed by atoms with Crippen molar-refractivity contribution in [2.75, 3.05) is 0 Å². The Morgan fingerprint density at radius 3 is 2.41 bits per heavy atom. The quantitative estimate of drug-likeness (QED) is 0.679. The minimum atomic E-state index is -0.236. The van der Waals surface area contributed by atoms with E-state index in [-0.39, 0.29) is 6.61 Å². The fraction of sp³-hybridized carbons (Fsp3) is 0.0625. The van der Waals surface area contributed by atoms with Gasteiger partial charge in [0.15, 0.2) is 5.76 Å². The smallest absolute Gasteiger partial charge is 0.173 e. The molecule has 0 unspecified atom stereocenters. The summed E-state index contributed by atoms with van der Waals surface area (Å²) in [4.78, 5) is 0. The minimum Gasteiger partial charge on any atom is -0.391 e. The van der Waals surface area contributed by atoms with Gasteiger partial charge in [0.25, 0.3) is 0 Å².